The van der Waals surface area contributed by atoms with E-state index in [0.717, 1.165) is 18.9 Å². The minimum Gasteiger partial charge on any atom is -0.376 e. The molecule has 0 rings (SSSR count). The van der Waals surface area contributed by atoms with Crippen LogP contribution >= 0.6 is 0 Å². The Labute approximate surface area is 75.2 Å². The van der Waals surface area contributed by atoms with Gasteiger partial charge in [-0.1, -0.05) is 20.3 Å². The molecule has 0 heterocycles. The quantitative estimate of drug-likeness (QED) is 0.599. The molecule has 3 nitrogen and oxygen atoms in total. The smallest absolute Gasteiger partial charge is 0.0938 e. The normalized spacial score (nSPS) is 16.0. The summed E-state index contributed by atoms with van der Waals surface area (Å²) in [4.78, 5) is 4.46. The molecule has 0 aromatic heterocycles. The third-order valence-electron chi connectivity index (χ3n) is 2.04. The van der Waals surface area contributed by atoms with Crippen molar-refractivity contribution in [2.24, 2.45) is 11.8 Å². The first-order valence-electron chi connectivity index (χ1n) is 4.64. The molecule has 2 N–H and O–H groups in total. The highest BCUT2D eigenvalue weighted by molar-refractivity contribution is 4.51. The molecule has 0 aliphatic heterocycles. The van der Waals surface area contributed by atoms with E-state index in [9.17, 15) is 0 Å². The molecule has 2 unspecified atom stereocenters. The summed E-state index contributed by atoms with van der Waals surface area (Å²) in [5.41, 5.74) is 0. The first-order valence-corrected chi connectivity index (χ1v) is 4.64. The summed E-state index contributed by atoms with van der Waals surface area (Å²) in [6.45, 7) is 7.66. The zero-order valence-corrected chi connectivity index (χ0v) is 8.38. The van der Waals surface area contributed by atoms with Crippen LogP contribution in [-0.2, 0) is 9.57 Å². The second-order valence-corrected chi connectivity index (χ2v) is 3.32. The Morgan fingerprint density at radius 1 is 1.33 bits per heavy atom. The van der Waals surface area contributed by atoms with Crippen molar-refractivity contribution < 1.29 is 9.57 Å². The lowest BCUT2D eigenvalue weighted by atomic mass is 10.1. The standard InChI is InChI=1S/C9H21NO2/c1-4-8(2)5-6-11-9(3)7-12-10/h8-9H,4-7,10H2,1-3H3. The van der Waals surface area contributed by atoms with E-state index in [0.29, 0.717) is 6.61 Å². The van der Waals surface area contributed by atoms with Crippen LogP contribution in [0.15, 0.2) is 0 Å². The molecule has 3 heteroatoms. The van der Waals surface area contributed by atoms with E-state index in [-0.39, 0.29) is 6.10 Å². The van der Waals surface area contributed by atoms with Gasteiger partial charge in [0.2, 0.25) is 0 Å². The van der Waals surface area contributed by atoms with E-state index in [1.165, 1.54) is 6.42 Å². The van der Waals surface area contributed by atoms with Gasteiger partial charge in [-0.3, -0.25) is 0 Å². The summed E-state index contributed by atoms with van der Waals surface area (Å²) >= 11 is 0. The maximum Gasteiger partial charge on any atom is 0.0938 e. The maximum absolute atomic E-state index is 5.45. The van der Waals surface area contributed by atoms with Gasteiger partial charge in [0.15, 0.2) is 0 Å². The second-order valence-electron chi connectivity index (χ2n) is 3.32. The van der Waals surface area contributed by atoms with E-state index in [2.05, 4.69) is 18.7 Å². The first kappa shape index (κ1) is 11.9. The van der Waals surface area contributed by atoms with Gasteiger partial charge < -0.3 is 9.57 Å². The largest absolute Gasteiger partial charge is 0.376 e. The van der Waals surface area contributed by atoms with Crippen LogP contribution in [0.1, 0.15) is 33.6 Å². The van der Waals surface area contributed by atoms with Crippen molar-refractivity contribution in [3.05, 3.63) is 0 Å². The molecule has 0 amide bonds. The molecule has 12 heavy (non-hydrogen) atoms. The fourth-order valence-electron chi connectivity index (χ4n) is 0.858. The zero-order chi connectivity index (χ0) is 9.40. The molecule has 0 bridgehead atoms. The predicted octanol–water partition coefficient (Wildman–Crippen LogP) is 1.72. The van der Waals surface area contributed by atoms with E-state index in [1.807, 2.05) is 6.92 Å². The fourth-order valence-corrected chi connectivity index (χ4v) is 0.858. The number of ether oxygens (including phenoxy) is 1. The molecular formula is C9H21NO2. The Bertz CT molecular complexity index is 98.5. The Kier molecular flexibility index (Phi) is 7.45. The van der Waals surface area contributed by atoms with Crippen molar-refractivity contribution in [2.75, 3.05) is 13.2 Å². The van der Waals surface area contributed by atoms with Crippen molar-refractivity contribution in [2.45, 2.75) is 39.7 Å². The van der Waals surface area contributed by atoms with Crippen molar-refractivity contribution >= 4 is 0 Å². The molecule has 0 aromatic rings. The second kappa shape index (κ2) is 7.53. The van der Waals surface area contributed by atoms with Gasteiger partial charge in [0.25, 0.3) is 0 Å². The Hall–Kier alpha value is -0.120. The number of nitrogens with two attached hydrogens (primary N) is 1. The average Bonchev–Trinajstić information content (AvgIpc) is 2.04. The number of hydrogen-bond donors (Lipinski definition) is 1. The molecule has 0 aromatic carbocycles. The van der Waals surface area contributed by atoms with Gasteiger partial charge in [-0.25, -0.2) is 5.90 Å². The Balaban J connectivity index is 3.18. The molecule has 0 saturated carbocycles. The first-order chi connectivity index (χ1) is 5.70. The summed E-state index contributed by atoms with van der Waals surface area (Å²) < 4.78 is 5.45. The van der Waals surface area contributed by atoms with Gasteiger partial charge >= 0.3 is 0 Å². The van der Waals surface area contributed by atoms with Crippen LogP contribution in [-0.4, -0.2) is 19.3 Å². The number of hydrogen-bond acceptors (Lipinski definition) is 3. The van der Waals surface area contributed by atoms with Crippen molar-refractivity contribution in [3.8, 4) is 0 Å². The van der Waals surface area contributed by atoms with Gasteiger partial charge in [-0.15, -0.1) is 0 Å². The highest BCUT2D eigenvalue weighted by Crippen LogP contribution is 2.06. The third-order valence-corrected chi connectivity index (χ3v) is 2.04. The lowest BCUT2D eigenvalue weighted by Gasteiger charge is -2.13. The predicted molar refractivity (Wildman–Crippen MR) is 49.6 cm³/mol. The van der Waals surface area contributed by atoms with Crippen LogP contribution in [0.25, 0.3) is 0 Å². The van der Waals surface area contributed by atoms with Gasteiger partial charge in [-0.2, -0.15) is 0 Å². The van der Waals surface area contributed by atoms with E-state index >= 15 is 0 Å². The topological polar surface area (TPSA) is 44.5 Å². The lowest BCUT2D eigenvalue weighted by Crippen LogP contribution is -2.19. The van der Waals surface area contributed by atoms with E-state index < -0.39 is 0 Å². The summed E-state index contributed by atoms with van der Waals surface area (Å²) in [7, 11) is 0. The van der Waals surface area contributed by atoms with Crippen LogP contribution in [0.4, 0.5) is 0 Å². The molecule has 0 aliphatic carbocycles. The van der Waals surface area contributed by atoms with Crippen LogP contribution in [0, 0.1) is 5.92 Å². The van der Waals surface area contributed by atoms with Crippen molar-refractivity contribution in [1.82, 2.24) is 0 Å². The third kappa shape index (κ3) is 6.58. The van der Waals surface area contributed by atoms with Gasteiger partial charge in [0.05, 0.1) is 12.7 Å². The highest BCUT2D eigenvalue weighted by atomic mass is 16.6. The van der Waals surface area contributed by atoms with E-state index in [1.54, 1.807) is 0 Å². The van der Waals surface area contributed by atoms with Crippen LogP contribution < -0.4 is 5.90 Å². The van der Waals surface area contributed by atoms with E-state index in [4.69, 9.17) is 10.6 Å². The lowest BCUT2D eigenvalue weighted by molar-refractivity contribution is -0.0111. The minimum atomic E-state index is 0.110. The summed E-state index contributed by atoms with van der Waals surface area (Å²) in [6, 6.07) is 0. The van der Waals surface area contributed by atoms with Crippen molar-refractivity contribution in [3.63, 3.8) is 0 Å². The van der Waals surface area contributed by atoms with Crippen LogP contribution in [0.5, 0.6) is 0 Å². The van der Waals surface area contributed by atoms with Crippen LogP contribution in [0.3, 0.4) is 0 Å². The van der Waals surface area contributed by atoms with Gasteiger partial charge in [-0.05, 0) is 19.3 Å². The molecule has 74 valence electrons. The highest BCUT2D eigenvalue weighted by Gasteiger charge is 2.03. The maximum atomic E-state index is 5.45. The molecular weight excluding hydrogens is 154 g/mol. The summed E-state index contributed by atoms with van der Waals surface area (Å²) in [5.74, 6) is 5.65. The molecule has 0 spiro atoms. The summed E-state index contributed by atoms with van der Waals surface area (Å²) in [5, 5.41) is 0. The van der Waals surface area contributed by atoms with Gasteiger partial charge in [0, 0.05) is 6.61 Å². The van der Waals surface area contributed by atoms with Gasteiger partial charge in [0.1, 0.15) is 0 Å². The monoisotopic (exact) mass is 175 g/mol. The Morgan fingerprint density at radius 3 is 2.50 bits per heavy atom. The van der Waals surface area contributed by atoms with Crippen LogP contribution in [0.2, 0.25) is 0 Å². The molecule has 2 atom stereocenters. The Morgan fingerprint density at radius 2 is 2.00 bits per heavy atom. The number of rotatable bonds is 7. The zero-order valence-electron chi connectivity index (χ0n) is 8.38. The van der Waals surface area contributed by atoms with Crippen molar-refractivity contribution in [1.29, 1.82) is 0 Å². The molecule has 0 fully saturated rings. The fraction of sp³-hybridized carbons (Fsp3) is 1.00. The minimum absolute atomic E-state index is 0.110. The average molecular weight is 175 g/mol. The molecule has 0 saturated heterocycles. The SMILES string of the molecule is CCC(C)CCOC(C)CON. The molecule has 0 radical (unpaired) electrons. The summed E-state index contributed by atoms with van der Waals surface area (Å²) in [6.07, 6.45) is 2.44. The molecule has 0 aliphatic rings.